The van der Waals surface area contributed by atoms with Gasteiger partial charge in [0.25, 0.3) is 5.56 Å². The molecule has 156 valence electrons. The van der Waals surface area contributed by atoms with Gasteiger partial charge in [-0.3, -0.25) is 9.20 Å². The summed E-state index contributed by atoms with van der Waals surface area (Å²) in [5, 5.41) is 6.02. The first kappa shape index (κ1) is 20.4. The zero-order chi connectivity index (χ0) is 21.8. The molecular formula is C23H19ClN4O3. The Balaban J connectivity index is 1.42. The fourth-order valence-corrected chi connectivity index (χ4v) is 3.20. The van der Waals surface area contributed by atoms with Crippen molar-refractivity contribution in [2.75, 3.05) is 10.6 Å². The Labute approximate surface area is 183 Å². The number of nitrogens with one attached hydrogen (secondary N) is 2. The van der Waals surface area contributed by atoms with Crippen molar-refractivity contribution in [2.24, 2.45) is 0 Å². The molecule has 0 bridgehead atoms. The van der Waals surface area contributed by atoms with Crippen LogP contribution in [0.1, 0.15) is 11.3 Å². The fraction of sp³-hybridized carbons (Fsp3) is 0.0870. The first-order valence-corrected chi connectivity index (χ1v) is 9.89. The lowest BCUT2D eigenvalue weighted by molar-refractivity contribution is 0.262. The molecule has 2 N–H and O–H groups in total. The summed E-state index contributed by atoms with van der Waals surface area (Å²) in [6.45, 7) is 2.06. The maximum atomic E-state index is 12.3. The number of hydrogen-bond donors (Lipinski definition) is 2. The van der Waals surface area contributed by atoms with Crippen LogP contribution < -0.4 is 20.9 Å². The van der Waals surface area contributed by atoms with Crippen molar-refractivity contribution in [3.63, 3.8) is 0 Å². The number of amides is 2. The summed E-state index contributed by atoms with van der Waals surface area (Å²) in [6, 6.07) is 18.9. The molecule has 0 fully saturated rings. The Hall–Kier alpha value is -3.84. The molecule has 2 heterocycles. The number of anilines is 2. The van der Waals surface area contributed by atoms with Crippen molar-refractivity contribution >= 4 is 34.7 Å². The second-order valence-electron chi connectivity index (χ2n) is 6.93. The highest BCUT2D eigenvalue weighted by atomic mass is 35.5. The van der Waals surface area contributed by atoms with Crippen molar-refractivity contribution in [3.05, 3.63) is 99.6 Å². The van der Waals surface area contributed by atoms with Gasteiger partial charge in [0.15, 0.2) is 0 Å². The Kier molecular flexibility index (Phi) is 5.86. The number of halogens is 1. The molecule has 0 aliphatic rings. The van der Waals surface area contributed by atoms with E-state index >= 15 is 0 Å². The van der Waals surface area contributed by atoms with Gasteiger partial charge in [-0.05, 0) is 48.9 Å². The van der Waals surface area contributed by atoms with E-state index in [1.807, 2.05) is 31.2 Å². The molecule has 31 heavy (non-hydrogen) atoms. The summed E-state index contributed by atoms with van der Waals surface area (Å²) in [6.07, 6.45) is 1.52. The lowest BCUT2D eigenvalue weighted by Gasteiger charge is -2.11. The second kappa shape index (κ2) is 8.89. The lowest BCUT2D eigenvalue weighted by Crippen LogP contribution is -2.19. The quantitative estimate of drug-likeness (QED) is 0.469. The number of urea groups is 1. The Morgan fingerprint density at radius 1 is 1.03 bits per heavy atom. The van der Waals surface area contributed by atoms with E-state index in [0.717, 1.165) is 5.56 Å². The van der Waals surface area contributed by atoms with Crippen LogP contribution in [0, 0.1) is 6.92 Å². The van der Waals surface area contributed by atoms with Crippen LogP contribution >= 0.6 is 11.6 Å². The first-order valence-electron chi connectivity index (χ1n) is 9.52. The van der Waals surface area contributed by atoms with Gasteiger partial charge in [0.05, 0.1) is 10.7 Å². The predicted octanol–water partition coefficient (Wildman–Crippen LogP) is 4.88. The van der Waals surface area contributed by atoms with E-state index in [9.17, 15) is 9.59 Å². The van der Waals surface area contributed by atoms with Crippen molar-refractivity contribution in [3.8, 4) is 5.75 Å². The Bertz CT molecular complexity index is 1320. The minimum atomic E-state index is -0.356. The van der Waals surface area contributed by atoms with Gasteiger partial charge in [-0.15, -0.1) is 0 Å². The second-order valence-corrected chi connectivity index (χ2v) is 7.36. The average Bonchev–Trinajstić information content (AvgIpc) is 2.73. The number of carbonyl (C=O) groups excluding carboxylic acids is 1. The van der Waals surface area contributed by atoms with Gasteiger partial charge in [-0.1, -0.05) is 29.8 Å². The summed E-state index contributed by atoms with van der Waals surface area (Å²) < 4.78 is 7.15. The number of rotatable bonds is 5. The lowest BCUT2D eigenvalue weighted by atomic mass is 10.2. The van der Waals surface area contributed by atoms with Crippen LogP contribution in [-0.4, -0.2) is 15.4 Å². The number of pyridine rings is 1. The van der Waals surface area contributed by atoms with Crippen LogP contribution in [0.25, 0.3) is 5.65 Å². The van der Waals surface area contributed by atoms with Crippen molar-refractivity contribution < 1.29 is 9.53 Å². The molecule has 0 unspecified atom stereocenters. The van der Waals surface area contributed by atoms with E-state index in [4.69, 9.17) is 16.3 Å². The molecule has 0 spiro atoms. The zero-order valence-corrected chi connectivity index (χ0v) is 17.4. The molecule has 0 aliphatic heterocycles. The number of aromatic nitrogens is 2. The number of hydrogen-bond acceptors (Lipinski definition) is 4. The van der Waals surface area contributed by atoms with Gasteiger partial charge in [-0.25, -0.2) is 9.78 Å². The van der Waals surface area contributed by atoms with E-state index in [-0.39, 0.29) is 18.2 Å². The third-order valence-corrected chi connectivity index (χ3v) is 4.65. The Morgan fingerprint density at radius 3 is 2.55 bits per heavy atom. The minimum absolute atomic E-state index is 0.104. The minimum Gasteiger partial charge on any atom is -0.487 e. The van der Waals surface area contributed by atoms with Gasteiger partial charge in [0, 0.05) is 29.7 Å². The van der Waals surface area contributed by atoms with Gasteiger partial charge >= 0.3 is 6.03 Å². The number of aryl methyl sites for hydroxylation is 1. The highest BCUT2D eigenvalue weighted by Crippen LogP contribution is 2.19. The number of carbonyl (C=O) groups is 1. The highest BCUT2D eigenvalue weighted by Gasteiger charge is 2.07. The molecule has 0 radical (unpaired) electrons. The van der Waals surface area contributed by atoms with Crippen LogP contribution in [-0.2, 0) is 6.61 Å². The molecule has 4 aromatic rings. The highest BCUT2D eigenvalue weighted by molar-refractivity contribution is 6.30. The third kappa shape index (κ3) is 5.21. The van der Waals surface area contributed by atoms with Crippen molar-refractivity contribution in [1.29, 1.82) is 0 Å². The first-order chi connectivity index (χ1) is 15.0. The zero-order valence-electron chi connectivity index (χ0n) is 16.6. The molecule has 0 saturated heterocycles. The molecule has 0 aliphatic carbocycles. The molecule has 7 nitrogen and oxygen atoms in total. The van der Waals surface area contributed by atoms with E-state index < -0.39 is 0 Å². The van der Waals surface area contributed by atoms with Crippen LogP contribution in [0.2, 0.25) is 5.02 Å². The third-order valence-electron chi connectivity index (χ3n) is 4.43. The molecule has 2 aromatic heterocycles. The molecule has 8 heteroatoms. The monoisotopic (exact) mass is 434 g/mol. The Morgan fingerprint density at radius 2 is 1.77 bits per heavy atom. The molecule has 0 atom stereocenters. The van der Waals surface area contributed by atoms with E-state index in [2.05, 4.69) is 15.6 Å². The summed E-state index contributed by atoms with van der Waals surface area (Å²) in [5.74, 6) is 0.534. The van der Waals surface area contributed by atoms with Crippen LogP contribution in [0.15, 0.2) is 77.7 Å². The van der Waals surface area contributed by atoms with Gasteiger partial charge in [0.2, 0.25) is 0 Å². The summed E-state index contributed by atoms with van der Waals surface area (Å²) >= 11 is 5.93. The van der Waals surface area contributed by atoms with Gasteiger partial charge in [-0.2, -0.15) is 0 Å². The van der Waals surface area contributed by atoms with Crippen molar-refractivity contribution in [2.45, 2.75) is 13.5 Å². The van der Waals surface area contributed by atoms with E-state index in [1.165, 1.54) is 16.7 Å². The topological polar surface area (TPSA) is 84.7 Å². The molecule has 0 saturated carbocycles. The van der Waals surface area contributed by atoms with E-state index in [1.54, 1.807) is 36.4 Å². The average molecular weight is 435 g/mol. The normalized spacial score (nSPS) is 10.6. The van der Waals surface area contributed by atoms with Gasteiger partial charge < -0.3 is 15.4 Å². The smallest absolute Gasteiger partial charge is 0.323 e. The fourth-order valence-electron chi connectivity index (χ4n) is 3.04. The van der Waals surface area contributed by atoms with Crippen molar-refractivity contribution in [1.82, 2.24) is 9.38 Å². The molecule has 2 amide bonds. The molecule has 2 aromatic carbocycles. The van der Waals surface area contributed by atoms with Gasteiger partial charge in [0.1, 0.15) is 18.0 Å². The SMILES string of the molecule is Cc1cccc(NC(=O)Nc2cccc(OCc3cc(=O)n4cc(Cl)ccc4n3)c2)c1. The van der Waals surface area contributed by atoms with Crippen LogP contribution in [0.3, 0.4) is 0 Å². The number of fused-ring (bicyclic) bond motifs is 1. The summed E-state index contributed by atoms with van der Waals surface area (Å²) in [7, 11) is 0. The summed E-state index contributed by atoms with van der Waals surface area (Å²) in [5.41, 5.74) is 3.07. The maximum Gasteiger partial charge on any atom is 0.323 e. The summed E-state index contributed by atoms with van der Waals surface area (Å²) in [4.78, 5) is 28.9. The van der Waals surface area contributed by atoms with E-state index in [0.29, 0.717) is 33.5 Å². The number of benzene rings is 2. The van der Waals surface area contributed by atoms with Crippen LogP contribution in [0.4, 0.5) is 16.2 Å². The number of nitrogens with zero attached hydrogens (tertiary/aromatic N) is 2. The maximum absolute atomic E-state index is 12.3. The largest absolute Gasteiger partial charge is 0.487 e. The predicted molar refractivity (Wildman–Crippen MR) is 121 cm³/mol. The standard InChI is InChI=1S/C23H19ClN4O3/c1-15-4-2-5-17(10-15)26-23(30)27-18-6-3-7-20(11-18)31-14-19-12-22(29)28-13-16(24)8-9-21(28)25-19/h2-13H,14H2,1H3,(H2,26,27,30). The molecule has 4 rings (SSSR count). The number of ether oxygens (including phenoxy) is 1. The van der Waals surface area contributed by atoms with Crippen LogP contribution in [0.5, 0.6) is 5.75 Å². The molecular weight excluding hydrogens is 416 g/mol.